The topological polar surface area (TPSA) is 58.6 Å². The van der Waals surface area contributed by atoms with Crippen molar-refractivity contribution in [1.82, 2.24) is 10.2 Å². The molecule has 1 aliphatic heterocycles. The minimum Gasteiger partial charge on any atom is -0.453 e. The SMILES string of the molecule is COC(=O)N[C@H](C(=O)N1CCC[C@@H]1CI)C(C)C. The summed E-state index contributed by atoms with van der Waals surface area (Å²) in [6.07, 6.45) is 1.55. The third-order valence-electron chi connectivity index (χ3n) is 3.23. The molecule has 0 spiro atoms. The zero-order valence-electron chi connectivity index (χ0n) is 11.1. The molecule has 0 bridgehead atoms. The van der Waals surface area contributed by atoms with E-state index in [1.54, 1.807) is 0 Å². The summed E-state index contributed by atoms with van der Waals surface area (Å²) in [7, 11) is 1.31. The molecule has 0 aromatic carbocycles. The molecule has 0 aliphatic carbocycles. The van der Waals surface area contributed by atoms with Gasteiger partial charge in [0, 0.05) is 17.0 Å². The standard InChI is InChI=1S/C12H21IN2O3/c1-8(2)10(14-12(17)18-3)11(16)15-6-4-5-9(15)7-13/h8-10H,4-7H2,1-3H3,(H,14,17)/t9-,10+/m1/s1. The van der Waals surface area contributed by atoms with Gasteiger partial charge in [0.2, 0.25) is 5.91 Å². The molecule has 0 aromatic heterocycles. The second-order valence-corrected chi connectivity index (χ2v) is 5.72. The first-order valence-electron chi connectivity index (χ1n) is 6.22. The molecule has 1 fully saturated rings. The molecular formula is C12H21IN2O3. The second kappa shape index (κ2) is 7.16. The van der Waals surface area contributed by atoms with E-state index >= 15 is 0 Å². The van der Waals surface area contributed by atoms with E-state index in [1.165, 1.54) is 7.11 Å². The van der Waals surface area contributed by atoms with Gasteiger partial charge in [-0.05, 0) is 18.8 Å². The van der Waals surface area contributed by atoms with Crippen molar-refractivity contribution in [3.8, 4) is 0 Å². The minimum atomic E-state index is -0.549. The van der Waals surface area contributed by atoms with E-state index in [4.69, 9.17) is 0 Å². The normalized spacial score (nSPS) is 20.9. The van der Waals surface area contributed by atoms with E-state index < -0.39 is 12.1 Å². The highest BCUT2D eigenvalue weighted by molar-refractivity contribution is 14.1. The fourth-order valence-electron chi connectivity index (χ4n) is 2.16. The van der Waals surface area contributed by atoms with Crippen LogP contribution in [0.3, 0.4) is 0 Å². The summed E-state index contributed by atoms with van der Waals surface area (Å²) in [6.45, 7) is 4.64. The van der Waals surface area contributed by atoms with Crippen LogP contribution in [-0.4, -0.2) is 47.1 Å². The van der Waals surface area contributed by atoms with Crippen molar-refractivity contribution in [1.29, 1.82) is 0 Å². The maximum absolute atomic E-state index is 12.5. The Morgan fingerprint density at radius 1 is 1.50 bits per heavy atom. The number of likely N-dealkylation sites (tertiary alicyclic amines) is 1. The Hall–Kier alpha value is -0.530. The number of alkyl carbamates (subject to hydrolysis) is 1. The first-order valence-corrected chi connectivity index (χ1v) is 7.74. The van der Waals surface area contributed by atoms with Crippen molar-refractivity contribution < 1.29 is 14.3 Å². The summed E-state index contributed by atoms with van der Waals surface area (Å²) in [5.41, 5.74) is 0. The van der Waals surface area contributed by atoms with Gasteiger partial charge in [0.05, 0.1) is 7.11 Å². The van der Waals surface area contributed by atoms with Crippen LogP contribution in [0.15, 0.2) is 0 Å². The molecular weight excluding hydrogens is 347 g/mol. The number of methoxy groups -OCH3 is 1. The molecule has 2 amide bonds. The molecule has 104 valence electrons. The predicted octanol–water partition coefficient (Wildman–Crippen LogP) is 1.79. The fourth-order valence-corrected chi connectivity index (χ4v) is 3.08. The molecule has 1 rings (SSSR count). The van der Waals surface area contributed by atoms with Crippen LogP contribution in [0.2, 0.25) is 0 Å². The number of nitrogens with one attached hydrogen (secondary N) is 1. The lowest BCUT2D eigenvalue weighted by atomic mass is 10.0. The smallest absolute Gasteiger partial charge is 0.407 e. The minimum absolute atomic E-state index is 0.00886. The van der Waals surface area contributed by atoms with Crippen molar-refractivity contribution in [3.05, 3.63) is 0 Å². The van der Waals surface area contributed by atoms with Crippen molar-refractivity contribution in [2.45, 2.75) is 38.8 Å². The number of nitrogens with zero attached hydrogens (tertiary/aromatic N) is 1. The Morgan fingerprint density at radius 2 is 2.17 bits per heavy atom. The number of hydrogen-bond acceptors (Lipinski definition) is 3. The molecule has 0 radical (unpaired) electrons. The first kappa shape index (κ1) is 15.5. The quantitative estimate of drug-likeness (QED) is 0.608. The second-order valence-electron chi connectivity index (χ2n) is 4.84. The molecule has 0 aromatic rings. The number of halogens is 1. The summed E-state index contributed by atoms with van der Waals surface area (Å²) in [5, 5.41) is 2.63. The first-order chi connectivity index (χ1) is 8.51. The van der Waals surface area contributed by atoms with Crippen LogP contribution in [0.5, 0.6) is 0 Å². The Kier molecular flexibility index (Phi) is 6.17. The summed E-state index contributed by atoms with van der Waals surface area (Å²) in [6, 6.07) is -0.195. The Labute approximate surface area is 122 Å². The molecule has 5 nitrogen and oxygen atoms in total. The van der Waals surface area contributed by atoms with Crippen molar-refractivity contribution in [2.24, 2.45) is 5.92 Å². The summed E-state index contributed by atoms with van der Waals surface area (Å²) in [5.74, 6) is 0.0571. The molecule has 0 saturated carbocycles. The number of carbonyl (C=O) groups is 2. The average molecular weight is 368 g/mol. The Bertz CT molecular complexity index is 310. The number of carbonyl (C=O) groups excluding carboxylic acids is 2. The van der Waals surface area contributed by atoms with E-state index in [0.717, 1.165) is 23.8 Å². The van der Waals surface area contributed by atoms with Crippen LogP contribution in [0, 0.1) is 5.92 Å². The third-order valence-corrected chi connectivity index (χ3v) is 4.25. The number of ether oxygens (including phenoxy) is 1. The summed E-state index contributed by atoms with van der Waals surface area (Å²) in [4.78, 5) is 25.6. The molecule has 0 unspecified atom stereocenters. The number of rotatable bonds is 4. The third kappa shape index (κ3) is 3.73. The summed E-state index contributed by atoms with van der Waals surface area (Å²) >= 11 is 2.31. The van der Waals surface area contributed by atoms with Gasteiger partial charge in [-0.1, -0.05) is 36.4 Å². The van der Waals surface area contributed by atoms with Gasteiger partial charge in [0.15, 0.2) is 0 Å². The van der Waals surface area contributed by atoms with Gasteiger partial charge >= 0.3 is 6.09 Å². The van der Waals surface area contributed by atoms with E-state index in [9.17, 15) is 9.59 Å². The lowest BCUT2D eigenvalue weighted by Gasteiger charge is -2.30. The monoisotopic (exact) mass is 368 g/mol. The lowest BCUT2D eigenvalue weighted by molar-refractivity contribution is -0.134. The zero-order valence-corrected chi connectivity index (χ0v) is 13.3. The maximum Gasteiger partial charge on any atom is 0.407 e. The average Bonchev–Trinajstić information content (AvgIpc) is 2.82. The lowest BCUT2D eigenvalue weighted by Crippen LogP contribution is -2.52. The molecule has 1 saturated heterocycles. The van der Waals surface area contributed by atoms with Crippen LogP contribution in [0.1, 0.15) is 26.7 Å². The van der Waals surface area contributed by atoms with Gasteiger partial charge in [-0.3, -0.25) is 4.79 Å². The van der Waals surface area contributed by atoms with Gasteiger partial charge < -0.3 is 15.0 Å². The molecule has 6 heteroatoms. The van der Waals surface area contributed by atoms with E-state index in [0.29, 0.717) is 6.04 Å². The van der Waals surface area contributed by atoms with Crippen LogP contribution in [0.25, 0.3) is 0 Å². The maximum atomic E-state index is 12.5. The van der Waals surface area contributed by atoms with Crippen LogP contribution in [-0.2, 0) is 9.53 Å². The van der Waals surface area contributed by atoms with E-state index in [2.05, 4.69) is 32.6 Å². The Morgan fingerprint density at radius 3 is 2.67 bits per heavy atom. The highest BCUT2D eigenvalue weighted by Gasteiger charge is 2.34. The van der Waals surface area contributed by atoms with Crippen LogP contribution >= 0.6 is 22.6 Å². The van der Waals surface area contributed by atoms with Gasteiger partial charge in [0.25, 0.3) is 0 Å². The fraction of sp³-hybridized carbons (Fsp3) is 0.833. The van der Waals surface area contributed by atoms with Gasteiger partial charge in [0.1, 0.15) is 6.04 Å². The number of alkyl halides is 1. The Balaban J connectivity index is 2.73. The van der Waals surface area contributed by atoms with Crippen molar-refractivity contribution >= 4 is 34.6 Å². The molecule has 1 aliphatic rings. The van der Waals surface area contributed by atoms with Crippen LogP contribution in [0.4, 0.5) is 4.79 Å². The van der Waals surface area contributed by atoms with Crippen molar-refractivity contribution in [2.75, 3.05) is 18.1 Å². The van der Waals surface area contributed by atoms with E-state index in [-0.39, 0.29) is 11.8 Å². The molecule has 18 heavy (non-hydrogen) atoms. The largest absolute Gasteiger partial charge is 0.453 e. The van der Waals surface area contributed by atoms with Gasteiger partial charge in [-0.15, -0.1) is 0 Å². The molecule has 1 heterocycles. The predicted molar refractivity (Wildman–Crippen MR) is 77.8 cm³/mol. The summed E-state index contributed by atoms with van der Waals surface area (Å²) < 4.78 is 5.51. The number of hydrogen-bond donors (Lipinski definition) is 1. The van der Waals surface area contributed by atoms with Gasteiger partial charge in [-0.2, -0.15) is 0 Å². The van der Waals surface area contributed by atoms with E-state index in [1.807, 2.05) is 18.7 Å². The van der Waals surface area contributed by atoms with Crippen molar-refractivity contribution in [3.63, 3.8) is 0 Å². The molecule has 1 N–H and O–H groups in total. The molecule has 2 atom stereocenters. The van der Waals surface area contributed by atoms with Crippen LogP contribution < -0.4 is 5.32 Å². The highest BCUT2D eigenvalue weighted by atomic mass is 127. The highest BCUT2D eigenvalue weighted by Crippen LogP contribution is 2.21. The zero-order chi connectivity index (χ0) is 13.7. The number of amides is 2. The van der Waals surface area contributed by atoms with Gasteiger partial charge in [-0.25, -0.2) is 4.79 Å².